The van der Waals surface area contributed by atoms with Crippen molar-refractivity contribution in [3.05, 3.63) is 29.3 Å². The number of hydrogen-bond acceptors (Lipinski definition) is 3. The van der Waals surface area contributed by atoms with E-state index in [0.29, 0.717) is 18.8 Å². The largest absolute Gasteiger partial charge is 0.492 e. The first-order valence-corrected chi connectivity index (χ1v) is 6.77. The Morgan fingerprint density at radius 2 is 1.83 bits per heavy atom. The predicted octanol–water partition coefficient (Wildman–Crippen LogP) is 2.83. The van der Waals surface area contributed by atoms with Crippen LogP contribution in [0.3, 0.4) is 0 Å². The lowest BCUT2D eigenvalue weighted by atomic mass is 10.2. The lowest BCUT2D eigenvalue weighted by Crippen LogP contribution is -2.46. The van der Waals surface area contributed by atoms with Crippen molar-refractivity contribution < 1.29 is 9.47 Å². The molecule has 0 N–H and O–H groups in total. The molecule has 1 aliphatic rings. The van der Waals surface area contributed by atoms with Crippen LogP contribution in [0.5, 0.6) is 5.75 Å². The van der Waals surface area contributed by atoms with Crippen LogP contribution in [0.15, 0.2) is 24.3 Å². The van der Waals surface area contributed by atoms with Crippen molar-refractivity contribution in [2.45, 2.75) is 26.1 Å². The monoisotopic (exact) mass is 269 g/mol. The van der Waals surface area contributed by atoms with E-state index < -0.39 is 0 Å². The fraction of sp³-hybridized carbons (Fsp3) is 0.571. The van der Waals surface area contributed by atoms with E-state index in [-0.39, 0.29) is 0 Å². The van der Waals surface area contributed by atoms with Gasteiger partial charge < -0.3 is 9.47 Å². The Labute approximate surface area is 114 Å². The van der Waals surface area contributed by atoms with Crippen molar-refractivity contribution >= 4 is 11.6 Å². The number of benzene rings is 1. The van der Waals surface area contributed by atoms with E-state index in [2.05, 4.69) is 18.7 Å². The predicted molar refractivity (Wildman–Crippen MR) is 73.4 cm³/mol. The van der Waals surface area contributed by atoms with Crippen LogP contribution in [0.4, 0.5) is 0 Å². The average molecular weight is 270 g/mol. The van der Waals surface area contributed by atoms with E-state index in [9.17, 15) is 0 Å². The lowest BCUT2D eigenvalue weighted by Gasteiger charge is -2.35. The maximum atomic E-state index is 5.82. The van der Waals surface area contributed by atoms with Crippen molar-refractivity contribution in [2.75, 3.05) is 26.2 Å². The maximum Gasteiger partial charge on any atom is 0.119 e. The highest BCUT2D eigenvalue weighted by Crippen LogP contribution is 2.16. The van der Waals surface area contributed by atoms with Crippen molar-refractivity contribution in [3.8, 4) is 5.75 Å². The van der Waals surface area contributed by atoms with Gasteiger partial charge in [-0.3, -0.25) is 4.90 Å². The fourth-order valence-corrected chi connectivity index (χ4v) is 2.42. The van der Waals surface area contributed by atoms with Crippen molar-refractivity contribution in [2.24, 2.45) is 0 Å². The van der Waals surface area contributed by atoms with Crippen LogP contribution < -0.4 is 4.74 Å². The molecule has 0 spiro atoms. The zero-order valence-electron chi connectivity index (χ0n) is 10.9. The lowest BCUT2D eigenvalue weighted by molar-refractivity contribution is -0.0699. The number of ether oxygens (including phenoxy) is 2. The van der Waals surface area contributed by atoms with Gasteiger partial charge in [0.1, 0.15) is 12.4 Å². The minimum Gasteiger partial charge on any atom is -0.492 e. The van der Waals surface area contributed by atoms with Gasteiger partial charge in [0.05, 0.1) is 12.2 Å². The molecule has 1 aromatic rings. The van der Waals surface area contributed by atoms with Crippen LogP contribution in [0.1, 0.15) is 13.8 Å². The molecule has 0 aromatic heterocycles. The molecule has 100 valence electrons. The number of hydrogen-bond donors (Lipinski definition) is 0. The van der Waals surface area contributed by atoms with Gasteiger partial charge in [-0.05, 0) is 38.1 Å². The molecule has 3 nitrogen and oxygen atoms in total. The molecule has 1 heterocycles. The molecule has 1 aromatic carbocycles. The van der Waals surface area contributed by atoms with Crippen LogP contribution in [-0.2, 0) is 4.74 Å². The van der Waals surface area contributed by atoms with Crippen LogP contribution in [0.25, 0.3) is 0 Å². The molecule has 1 saturated heterocycles. The second-order valence-corrected chi connectivity index (χ2v) is 5.26. The summed E-state index contributed by atoms with van der Waals surface area (Å²) in [6, 6.07) is 7.48. The third-order valence-electron chi connectivity index (χ3n) is 2.99. The molecule has 4 heteroatoms. The minimum atomic E-state index is 0.310. The summed E-state index contributed by atoms with van der Waals surface area (Å²) in [5.41, 5.74) is 0. The highest BCUT2D eigenvalue weighted by molar-refractivity contribution is 6.30. The minimum absolute atomic E-state index is 0.310. The molecule has 18 heavy (non-hydrogen) atoms. The first-order chi connectivity index (χ1) is 8.63. The third-order valence-corrected chi connectivity index (χ3v) is 3.24. The first kappa shape index (κ1) is 13.7. The Bertz CT molecular complexity index is 359. The molecule has 0 saturated carbocycles. The standard InChI is InChI=1S/C14H20ClNO2/c1-11-9-16(10-12(2)18-11)7-8-17-14-5-3-13(15)4-6-14/h3-6,11-12H,7-10H2,1-2H3/t11-,12-/m0/s1. The summed E-state index contributed by atoms with van der Waals surface area (Å²) in [5, 5.41) is 0.734. The Hall–Kier alpha value is -0.770. The van der Waals surface area contributed by atoms with Crippen LogP contribution in [0, 0.1) is 0 Å². The Morgan fingerprint density at radius 3 is 2.44 bits per heavy atom. The Morgan fingerprint density at radius 1 is 1.22 bits per heavy atom. The molecule has 0 unspecified atom stereocenters. The van der Waals surface area contributed by atoms with Crippen molar-refractivity contribution in [1.29, 1.82) is 0 Å². The van der Waals surface area contributed by atoms with E-state index in [1.807, 2.05) is 24.3 Å². The Kier molecular flexibility index (Phi) is 4.87. The zero-order valence-corrected chi connectivity index (χ0v) is 11.7. The van der Waals surface area contributed by atoms with Gasteiger partial charge in [-0.2, -0.15) is 0 Å². The van der Waals surface area contributed by atoms with Gasteiger partial charge in [0, 0.05) is 24.7 Å². The Balaban J connectivity index is 1.73. The molecule has 2 atom stereocenters. The average Bonchev–Trinajstić information content (AvgIpc) is 2.30. The summed E-state index contributed by atoms with van der Waals surface area (Å²) in [7, 11) is 0. The van der Waals surface area contributed by atoms with E-state index in [4.69, 9.17) is 21.1 Å². The molecule has 2 rings (SSSR count). The molecular formula is C14H20ClNO2. The van der Waals surface area contributed by atoms with Crippen molar-refractivity contribution in [1.82, 2.24) is 4.90 Å². The smallest absolute Gasteiger partial charge is 0.119 e. The molecule has 0 amide bonds. The normalized spacial score (nSPS) is 25.1. The number of rotatable bonds is 4. The fourth-order valence-electron chi connectivity index (χ4n) is 2.29. The molecule has 0 bridgehead atoms. The second-order valence-electron chi connectivity index (χ2n) is 4.82. The third kappa shape index (κ3) is 4.16. The summed E-state index contributed by atoms with van der Waals surface area (Å²) in [5.74, 6) is 0.869. The van der Waals surface area contributed by atoms with E-state index in [1.54, 1.807) is 0 Å². The molecule has 0 aliphatic carbocycles. The first-order valence-electron chi connectivity index (χ1n) is 6.39. The number of nitrogens with zero attached hydrogens (tertiary/aromatic N) is 1. The molecule has 1 aliphatic heterocycles. The van der Waals surface area contributed by atoms with Gasteiger partial charge in [0.25, 0.3) is 0 Å². The highest BCUT2D eigenvalue weighted by atomic mass is 35.5. The summed E-state index contributed by atoms with van der Waals surface area (Å²) in [4.78, 5) is 2.38. The van der Waals surface area contributed by atoms with Crippen molar-refractivity contribution in [3.63, 3.8) is 0 Å². The van der Waals surface area contributed by atoms with Crippen LogP contribution >= 0.6 is 11.6 Å². The number of morpholine rings is 1. The van der Waals surface area contributed by atoms with Gasteiger partial charge >= 0.3 is 0 Å². The maximum absolute atomic E-state index is 5.82. The quantitative estimate of drug-likeness (QED) is 0.839. The summed E-state index contributed by atoms with van der Waals surface area (Å²) in [6.07, 6.45) is 0.619. The van der Waals surface area contributed by atoms with Gasteiger partial charge in [-0.25, -0.2) is 0 Å². The zero-order chi connectivity index (χ0) is 13.0. The topological polar surface area (TPSA) is 21.7 Å². The van der Waals surface area contributed by atoms with E-state index in [1.165, 1.54) is 0 Å². The SMILES string of the molecule is C[C@H]1CN(CCOc2ccc(Cl)cc2)C[C@H](C)O1. The summed E-state index contributed by atoms with van der Waals surface area (Å²) >= 11 is 5.82. The van der Waals surface area contributed by atoms with Gasteiger partial charge in [0.15, 0.2) is 0 Å². The summed E-state index contributed by atoms with van der Waals surface area (Å²) < 4.78 is 11.4. The second kappa shape index (κ2) is 6.41. The van der Waals surface area contributed by atoms with Gasteiger partial charge in [-0.1, -0.05) is 11.6 Å². The van der Waals surface area contributed by atoms with Gasteiger partial charge in [-0.15, -0.1) is 0 Å². The molecule has 1 fully saturated rings. The molecule has 0 radical (unpaired) electrons. The summed E-state index contributed by atoms with van der Waals surface area (Å²) in [6.45, 7) is 7.82. The van der Waals surface area contributed by atoms with E-state index in [0.717, 1.165) is 30.4 Å². The molecular weight excluding hydrogens is 250 g/mol. The number of halogens is 1. The van der Waals surface area contributed by atoms with Gasteiger partial charge in [0.2, 0.25) is 0 Å². The van der Waals surface area contributed by atoms with E-state index >= 15 is 0 Å². The highest BCUT2D eigenvalue weighted by Gasteiger charge is 2.21. The van der Waals surface area contributed by atoms with Crippen LogP contribution in [0.2, 0.25) is 5.02 Å². The van der Waals surface area contributed by atoms with Crippen LogP contribution in [-0.4, -0.2) is 43.3 Å².